The van der Waals surface area contributed by atoms with Gasteiger partial charge in [0.15, 0.2) is 0 Å². The van der Waals surface area contributed by atoms with E-state index in [1.54, 1.807) is 49.4 Å². The molecule has 0 amide bonds. The number of aromatic nitrogens is 1. The van der Waals surface area contributed by atoms with E-state index in [0.717, 1.165) is 4.47 Å². The number of fused-ring (bicyclic) bond motifs is 1. The van der Waals surface area contributed by atoms with Crippen molar-refractivity contribution in [1.82, 2.24) is 4.98 Å². The van der Waals surface area contributed by atoms with Crippen LogP contribution in [0.5, 0.6) is 5.75 Å². The van der Waals surface area contributed by atoms with Crippen LogP contribution in [0, 0.1) is 0 Å². The van der Waals surface area contributed by atoms with Gasteiger partial charge in [0.25, 0.3) is 0 Å². The van der Waals surface area contributed by atoms with Gasteiger partial charge in [-0.05, 0) is 36.4 Å². The van der Waals surface area contributed by atoms with E-state index in [1.165, 1.54) is 0 Å². The van der Waals surface area contributed by atoms with Crippen LogP contribution in [0.15, 0.2) is 56.1 Å². The Morgan fingerprint density at radius 1 is 1.26 bits per heavy atom. The number of carbonyl (C=O) groups excluding carboxylic acids is 1. The fraction of sp³-hybridized carbons (Fsp3) is 0.118. The van der Waals surface area contributed by atoms with Crippen molar-refractivity contribution in [3.05, 3.63) is 57.4 Å². The van der Waals surface area contributed by atoms with Gasteiger partial charge in [0.05, 0.1) is 10.9 Å². The van der Waals surface area contributed by atoms with E-state index in [9.17, 15) is 9.59 Å². The number of esters is 1. The van der Waals surface area contributed by atoms with Crippen LogP contribution in [-0.4, -0.2) is 11.0 Å². The molecular weight excluding hydrogens is 362 g/mol. The third kappa shape index (κ3) is 3.32. The molecule has 0 spiro atoms. The first-order chi connectivity index (χ1) is 11.1. The van der Waals surface area contributed by atoms with E-state index in [-0.39, 0.29) is 18.3 Å². The number of ether oxygens (including phenoxy) is 1. The van der Waals surface area contributed by atoms with Crippen LogP contribution in [0.4, 0.5) is 0 Å². The second-order valence-corrected chi connectivity index (χ2v) is 5.74. The normalized spacial score (nSPS) is 10.7. The van der Waals surface area contributed by atoms with Gasteiger partial charge in [0.1, 0.15) is 5.75 Å². The molecule has 0 N–H and O–H groups in total. The van der Waals surface area contributed by atoms with Gasteiger partial charge >= 0.3 is 11.6 Å². The van der Waals surface area contributed by atoms with Crippen LogP contribution in [0.25, 0.3) is 22.4 Å². The zero-order valence-corrected chi connectivity index (χ0v) is 13.8. The Morgan fingerprint density at radius 3 is 2.87 bits per heavy atom. The molecule has 0 saturated heterocycles. The first kappa shape index (κ1) is 15.4. The maximum Gasteiger partial charge on any atom is 0.347 e. The third-order valence-corrected chi connectivity index (χ3v) is 3.68. The molecule has 0 atom stereocenters. The summed E-state index contributed by atoms with van der Waals surface area (Å²) in [6.45, 7) is 1.72. The highest BCUT2D eigenvalue weighted by Crippen LogP contribution is 2.24. The monoisotopic (exact) mass is 373 g/mol. The van der Waals surface area contributed by atoms with E-state index < -0.39 is 5.63 Å². The summed E-state index contributed by atoms with van der Waals surface area (Å²) < 4.78 is 11.2. The summed E-state index contributed by atoms with van der Waals surface area (Å²) in [5.74, 6) is 0.230. The van der Waals surface area contributed by atoms with Gasteiger partial charge in [-0.2, -0.15) is 0 Å². The fourth-order valence-electron chi connectivity index (χ4n) is 2.06. The Labute approximate surface area is 140 Å². The third-order valence-electron chi connectivity index (χ3n) is 3.19. The standard InChI is InChI=1S/C17H12BrNO4/c1-2-15(20)22-12-5-3-4-10(8-12)16-19-14-7-6-11(18)9-13(14)17(21)23-16/h3-9H,2H2,1H3. The number of carbonyl (C=O) groups is 1. The van der Waals surface area contributed by atoms with Crippen LogP contribution in [0.3, 0.4) is 0 Å². The van der Waals surface area contributed by atoms with Crippen LogP contribution in [-0.2, 0) is 4.79 Å². The van der Waals surface area contributed by atoms with Crippen molar-refractivity contribution < 1.29 is 13.9 Å². The van der Waals surface area contributed by atoms with E-state index >= 15 is 0 Å². The molecule has 0 fully saturated rings. The molecule has 116 valence electrons. The molecule has 3 rings (SSSR count). The minimum Gasteiger partial charge on any atom is -0.427 e. The maximum atomic E-state index is 12.1. The first-order valence-electron chi connectivity index (χ1n) is 6.98. The molecule has 1 heterocycles. The molecule has 0 saturated carbocycles. The molecule has 0 aliphatic rings. The Bertz CT molecular complexity index is 949. The fourth-order valence-corrected chi connectivity index (χ4v) is 2.43. The lowest BCUT2D eigenvalue weighted by molar-refractivity contribution is -0.134. The molecule has 23 heavy (non-hydrogen) atoms. The molecular formula is C17H12BrNO4. The Kier molecular flexibility index (Phi) is 4.25. The predicted molar refractivity (Wildman–Crippen MR) is 89.3 cm³/mol. The molecule has 0 bridgehead atoms. The van der Waals surface area contributed by atoms with Crippen molar-refractivity contribution in [2.75, 3.05) is 0 Å². The second-order valence-electron chi connectivity index (χ2n) is 4.82. The quantitative estimate of drug-likeness (QED) is 0.513. The molecule has 1 aromatic heterocycles. The van der Waals surface area contributed by atoms with Gasteiger partial charge in [-0.15, -0.1) is 0 Å². The molecule has 6 heteroatoms. The minimum atomic E-state index is -0.470. The number of rotatable bonds is 3. The average Bonchev–Trinajstić information content (AvgIpc) is 2.55. The largest absolute Gasteiger partial charge is 0.427 e. The number of benzene rings is 2. The Morgan fingerprint density at radius 2 is 2.09 bits per heavy atom. The summed E-state index contributed by atoms with van der Waals surface area (Å²) in [6.07, 6.45) is 0.280. The molecule has 0 unspecified atom stereocenters. The SMILES string of the molecule is CCC(=O)Oc1cccc(-c2nc3ccc(Br)cc3c(=O)o2)c1. The Hall–Kier alpha value is -2.47. The van der Waals surface area contributed by atoms with E-state index in [2.05, 4.69) is 20.9 Å². The molecule has 0 radical (unpaired) electrons. The van der Waals surface area contributed by atoms with Crippen molar-refractivity contribution in [3.8, 4) is 17.2 Å². The summed E-state index contributed by atoms with van der Waals surface area (Å²) in [5, 5.41) is 0.400. The number of nitrogens with zero attached hydrogens (tertiary/aromatic N) is 1. The van der Waals surface area contributed by atoms with Gasteiger partial charge in [-0.3, -0.25) is 4.79 Å². The van der Waals surface area contributed by atoms with Gasteiger partial charge in [0.2, 0.25) is 5.89 Å². The van der Waals surface area contributed by atoms with E-state index in [1.807, 2.05) is 0 Å². The minimum absolute atomic E-state index is 0.180. The second kappa shape index (κ2) is 6.34. The molecule has 3 aromatic rings. The van der Waals surface area contributed by atoms with E-state index in [0.29, 0.717) is 22.2 Å². The number of halogens is 1. The molecule has 0 aliphatic carbocycles. The molecule has 5 nitrogen and oxygen atoms in total. The smallest absolute Gasteiger partial charge is 0.347 e. The predicted octanol–water partition coefficient (Wildman–Crippen LogP) is 3.93. The summed E-state index contributed by atoms with van der Waals surface area (Å²) in [7, 11) is 0. The number of hydrogen-bond acceptors (Lipinski definition) is 5. The van der Waals surface area contributed by atoms with Gasteiger partial charge in [-0.1, -0.05) is 28.9 Å². The van der Waals surface area contributed by atoms with E-state index in [4.69, 9.17) is 9.15 Å². The highest BCUT2D eigenvalue weighted by atomic mass is 79.9. The van der Waals surface area contributed by atoms with Crippen LogP contribution in [0.1, 0.15) is 13.3 Å². The van der Waals surface area contributed by atoms with Crippen LogP contribution >= 0.6 is 15.9 Å². The highest BCUT2D eigenvalue weighted by molar-refractivity contribution is 9.10. The maximum absolute atomic E-state index is 12.1. The lowest BCUT2D eigenvalue weighted by Crippen LogP contribution is -2.06. The van der Waals surface area contributed by atoms with Crippen molar-refractivity contribution in [1.29, 1.82) is 0 Å². The zero-order valence-electron chi connectivity index (χ0n) is 12.2. The number of hydrogen-bond donors (Lipinski definition) is 0. The van der Waals surface area contributed by atoms with Crippen molar-refractivity contribution >= 4 is 32.8 Å². The van der Waals surface area contributed by atoms with Gasteiger partial charge in [0, 0.05) is 16.5 Å². The van der Waals surface area contributed by atoms with Crippen LogP contribution in [0.2, 0.25) is 0 Å². The van der Waals surface area contributed by atoms with Gasteiger partial charge < -0.3 is 9.15 Å². The lowest BCUT2D eigenvalue weighted by atomic mass is 10.2. The van der Waals surface area contributed by atoms with Crippen molar-refractivity contribution in [2.24, 2.45) is 0 Å². The average molecular weight is 374 g/mol. The Balaban J connectivity index is 2.06. The highest BCUT2D eigenvalue weighted by Gasteiger charge is 2.10. The molecule has 0 aliphatic heterocycles. The summed E-state index contributed by atoms with van der Waals surface area (Å²) in [4.78, 5) is 27.9. The zero-order chi connectivity index (χ0) is 16.4. The molecule has 2 aromatic carbocycles. The summed E-state index contributed by atoms with van der Waals surface area (Å²) in [5.41, 5.74) is 0.631. The van der Waals surface area contributed by atoms with Crippen molar-refractivity contribution in [3.63, 3.8) is 0 Å². The van der Waals surface area contributed by atoms with Gasteiger partial charge in [-0.25, -0.2) is 9.78 Å². The summed E-state index contributed by atoms with van der Waals surface area (Å²) in [6, 6.07) is 11.9. The first-order valence-corrected chi connectivity index (χ1v) is 7.77. The lowest BCUT2D eigenvalue weighted by Gasteiger charge is -2.05. The van der Waals surface area contributed by atoms with Crippen molar-refractivity contribution in [2.45, 2.75) is 13.3 Å². The topological polar surface area (TPSA) is 69.4 Å². The van der Waals surface area contributed by atoms with Crippen LogP contribution < -0.4 is 10.4 Å². The summed E-state index contributed by atoms with van der Waals surface area (Å²) >= 11 is 3.31.